The van der Waals surface area contributed by atoms with Gasteiger partial charge >= 0.3 is 6.61 Å². The topological polar surface area (TPSA) is 76.7 Å². The van der Waals surface area contributed by atoms with Crippen LogP contribution in [-0.4, -0.2) is 25.0 Å². The van der Waals surface area contributed by atoms with E-state index in [-0.39, 0.29) is 29.3 Å². The van der Waals surface area contributed by atoms with E-state index in [2.05, 4.69) is 15.4 Å². The lowest BCUT2D eigenvalue weighted by molar-refractivity contribution is -0.118. The Morgan fingerprint density at radius 1 is 0.875 bits per heavy atom. The fourth-order valence-electron chi connectivity index (χ4n) is 2.80. The maximum atomic E-state index is 13.6. The van der Waals surface area contributed by atoms with Crippen LogP contribution in [0.2, 0.25) is 0 Å². The molecule has 3 rings (SSSR count). The maximum absolute atomic E-state index is 13.6. The lowest BCUT2D eigenvalue weighted by Crippen LogP contribution is -2.25. The number of ether oxygens (including phenoxy) is 2. The van der Waals surface area contributed by atoms with Gasteiger partial charge in [-0.25, -0.2) is 4.39 Å². The number of anilines is 1. The van der Waals surface area contributed by atoms with Crippen LogP contribution >= 0.6 is 0 Å². The van der Waals surface area contributed by atoms with Crippen molar-refractivity contribution in [2.75, 3.05) is 11.9 Å². The largest absolute Gasteiger partial charge is 0.483 e. The third kappa shape index (κ3) is 6.24. The van der Waals surface area contributed by atoms with Gasteiger partial charge in [0, 0.05) is 12.1 Å². The van der Waals surface area contributed by atoms with Crippen LogP contribution in [0.3, 0.4) is 0 Å². The van der Waals surface area contributed by atoms with Crippen molar-refractivity contribution in [3.05, 3.63) is 89.7 Å². The van der Waals surface area contributed by atoms with E-state index in [0.29, 0.717) is 5.56 Å². The summed E-state index contributed by atoms with van der Waals surface area (Å²) in [6.07, 6.45) is 0. The van der Waals surface area contributed by atoms with Crippen LogP contribution in [0.15, 0.2) is 72.8 Å². The molecule has 166 valence electrons. The van der Waals surface area contributed by atoms with Gasteiger partial charge in [0.15, 0.2) is 6.61 Å². The number of benzene rings is 3. The second-order valence-corrected chi connectivity index (χ2v) is 6.48. The lowest BCUT2D eigenvalue weighted by atomic mass is 10.1. The summed E-state index contributed by atoms with van der Waals surface area (Å²) in [6.45, 7) is -3.51. The van der Waals surface area contributed by atoms with Gasteiger partial charge in [0.1, 0.15) is 17.3 Å². The number of hydrogen-bond donors (Lipinski definition) is 2. The molecule has 0 heterocycles. The Morgan fingerprint density at radius 3 is 2.28 bits per heavy atom. The number of para-hydroxylation sites is 3. The summed E-state index contributed by atoms with van der Waals surface area (Å²) >= 11 is 0. The summed E-state index contributed by atoms with van der Waals surface area (Å²) in [5.41, 5.74) is 0.513. The van der Waals surface area contributed by atoms with E-state index in [9.17, 15) is 22.8 Å². The zero-order chi connectivity index (χ0) is 22.9. The molecular weight excluding hydrogens is 425 g/mol. The molecule has 3 aromatic carbocycles. The van der Waals surface area contributed by atoms with Crippen molar-refractivity contribution in [3.63, 3.8) is 0 Å². The number of halogens is 3. The third-order valence-electron chi connectivity index (χ3n) is 4.27. The summed E-state index contributed by atoms with van der Waals surface area (Å²) in [5, 5.41) is 4.99. The molecule has 0 spiro atoms. The van der Waals surface area contributed by atoms with E-state index < -0.39 is 30.8 Å². The molecule has 0 radical (unpaired) electrons. The summed E-state index contributed by atoms with van der Waals surface area (Å²) in [7, 11) is 0. The molecule has 0 atom stereocenters. The van der Waals surface area contributed by atoms with Crippen LogP contribution in [0.5, 0.6) is 11.5 Å². The van der Waals surface area contributed by atoms with E-state index in [0.717, 1.165) is 0 Å². The Labute approximate surface area is 182 Å². The summed E-state index contributed by atoms with van der Waals surface area (Å²) < 4.78 is 48.6. The van der Waals surface area contributed by atoms with Gasteiger partial charge in [-0.1, -0.05) is 42.5 Å². The normalized spacial score (nSPS) is 10.5. The fourth-order valence-corrected chi connectivity index (χ4v) is 2.80. The number of hydrogen-bond acceptors (Lipinski definition) is 4. The third-order valence-corrected chi connectivity index (χ3v) is 4.27. The first-order valence-electron chi connectivity index (χ1n) is 9.51. The molecule has 0 bridgehead atoms. The monoisotopic (exact) mass is 444 g/mol. The predicted octanol–water partition coefficient (Wildman–Crippen LogP) is 4.37. The Morgan fingerprint density at radius 2 is 1.53 bits per heavy atom. The molecule has 0 aliphatic heterocycles. The highest BCUT2D eigenvalue weighted by molar-refractivity contribution is 5.97. The second-order valence-electron chi connectivity index (χ2n) is 6.48. The SMILES string of the molecule is O=C(COc1ccccc1C(=O)NCc1ccccc1OC(F)F)Nc1ccccc1F. The zero-order valence-corrected chi connectivity index (χ0v) is 16.7. The van der Waals surface area contributed by atoms with Gasteiger partial charge in [-0.3, -0.25) is 9.59 Å². The van der Waals surface area contributed by atoms with Gasteiger partial charge in [0.25, 0.3) is 11.8 Å². The Kier molecular flexibility index (Phi) is 7.69. The second kappa shape index (κ2) is 10.9. The van der Waals surface area contributed by atoms with E-state index in [4.69, 9.17) is 4.74 Å². The van der Waals surface area contributed by atoms with Gasteiger partial charge in [0.2, 0.25) is 0 Å². The summed E-state index contributed by atoms with van der Waals surface area (Å²) in [4.78, 5) is 24.7. The van der Waals surface area contributed by atoms with Gasteiger partial charge in [-0.05, 0) is 30.3 Å². The minimum absolute atomic E-state index is 0.0109. The van der Waals surface area contributed by atoms with Crippen molar-refractivity contribution in [3.8, 4) is 11.5 Å². The van der Waals surface area contributed by atoms with Crippen molar-refractivity contribution in [1.29, 1.82) is 0 Å². The van der Waals surface area contributed by atoms with Gasteiger partial charge in [0.05, 0.1) is 11.3 Å². The first-order valence-corrected chi connectivity index (χ1v) is 9.51. The molecule has 9 heteroatoms. The van der Waals surface area contributed by atoms with E-state index in [1.807, 2.05) is 0 Å². The molecule has 0 aliphatic carbocycles. The first-order chi connectivity index (χ1) is 15.4. The Bertz CT molecular complexity index is 1090. The molecule has 0 aromatic heterocycles. The van der Waals surface area contributed by atoms with Crippen molar-refractivity contribution in [2.24, 2.45) is 0 Å². The number of rotatable bonds is 9. The molecule has 0 fully saturated rings. The van der Waals surface area contributed by atoms with Crippen LogP contribution in [0.25, 0.3) is 0 Å². The molecule has 32 heavy (non-hydrogen) atoms. The van der Waals surface area contributed by atoms with E-state index >= 15 is 0 Å². The van der Waals surface area contributed by atoms with Crippen LogP contribution in [0.1, 0.15) is 15.9 Å². The number of carbonyl (C=O) groups is 2. The Balaban J connectivity index is 1.62. The van der Waals surface area contributed by atoms with E-state index in [1.165, 1.54) is 36.4 Å². The fraction of sp³-hybridized carbons (Fsp3) is 0.130. The van der Waals surface area contributed by atoms with Gasteiger partial charge < -0.3 is 20.1 Å². The first kappa shape index (κ1) is 22.7. The van der Waals surface area contributed by atoms with Crippen LogP contribution < -0.4 is 20.1 Å². The quantitative estimate of drug-likeness (QED) is 0.514. The number of carbonyl (C=O) groups excluding carboxylic acids is 2. The number of amides is 2. The minimum Gasteiger partial charge on any atom is -0.483 e. The molecule has 2 amide bonds. The highest BCUT2D eigenvalue weighted by atomic mass is 19.3. The standard InChI is InChI=1S/C23H19F3N2O4/c24-17-9-3-4-10-18(17)28-21(29)14-31-20-12-6-2-8-16(20)22(30)27-13-15-7-1-5-11-19(15)32-23(25)26/h1-12,23H,13-14H2,(H,27,30)(H,28,29). The maximum Gasteiger partial charge on any atom is 0.387 e. The van der Waals surface area contributed by atoms with Crippen LogP contribution in [-0.2, 0) is 11.3 Å². The highest BCUT2D eigenvalue weighted by Gasteiger charge is 2.15. The summed E-state index contributed by atoms with van der Waals surface area (Å²) in [5.74, 6) is -1.65. The minimum atomic E-state index is -2.99. The number of nitrogens with one attached hydrogen (secondary N) is 2. The smallest absolute Gasteiger partial charge is 0.387 e. The molecule has 0 saturated heterocycles. The Hall–Kier alpha value is -4.01. The molecular formula is C23H19F3N2O4. The average molecular weight is 444 g/mol. The van der Waals surface area contributed by atoms with Crippen molar-refractivity contribution >= 4 is 17.5 Å². The molecule has 0 saturated carbocycles. The van der Waals surface area contributed by atoms with Gasteiger partial charge in [-0.2, -0.15) is 8.78 Å². The van der Waals surface area contributed by atoms with Crippen LogP contribution in [0, 0.1) is 5.82 Å². The van der Waals surface area contributed by atoms with E-state index in [1.54, 1.807) is 36.4 Å². The van der Waals surface area contributed by atoms with Crippen LogP contribution in [0.4, 0.5) is 18.9 Å². The van der Waals surface area contributed by atoms with Crippen molar-refractivity contribution < 1.29 is 32.2 Å². The van der Waals surface area contributed by atoms with Crippen molar-refractivity contribution in [2.45, 2.75) is 13.2 Å². The van der Waals surface area contributed by atoms with Gasteiger partial charge in [-0.15, -0.1) is 0 Å². The molecule has 2 N–H and O–H groups in total. The molecule has 0 aliphatic rings. The zero-order valence-electron chi connectivity index (χ0n) is 16.7. The highest BCUT2D eigenvalue weighted by Crippen LogP contribution is 2.22. The predicted molar refractivity (Wildman–Crippen MR) is 111 cm³/mol. The summed E-state index contributed by atoms with van der Waals surface area (Å²) in [6, 6.07) is 18.0. The van der Waals surface area contributed by atoms with Crippen molar-refractivity contribution in [1.82, 2.24) is 5.32 Å². The number of alkyl halides is 2. The molecule has 6 nitrogen and oxygen atoms in total. The molecule has 0 unspecified atom stereocenters. The average Bonchev–Trinajstić information content (AvgIpc) is 2.78. The molecule has 3 aromatic rings. The lowest BCUT2D eigenvalue weighted by Gasteiger charge is -2.13.